The summed E-state index contributed by atoms with van der Waals surface area (Å²) in [5.41, 5.74) is 3.07. The first kappa shape index (κ1) is 13.9. The predicted octanol–water partition coefficient (Wildman–Crippen LogP) is 2.03. The Morgan fingerprint density at radius 2 is 2.16 bits per heavy atom. The van der Waals surface area contributed by atoms with E-state index in [1.807, 2.05) is 27.0 Å². The van der Waals surface area contributed by atoms with Crippen molar-refractivity contribution in [3.8, 4) is 5.75 Å². The van der Waals surface area contributed by atoms with Gasteiger partial charge in [-0.25, -0.2) is 0 Å². The maximum absolute atomic E-state index is 12.5. The number of rotatable bonds is 3. The molecule has 0 bridgehead atoms. The van der Waals surface area contributed by atoms with Crippen molar-refractivity contribution in [1.29, 1.82) is 0 Å². The molecule has 1 unspecified atom stereocenters. The van der Waals surface area contributed by atoms with Crippen LogP contribution in [0, 0.1) is 13.8 Å². The fraction of sp³-hybridized carbons (Fsp3) is 0.533. The molecule has 4 nitrogen and oxygen atoms in total. The number of hydrogen-bond acceptors (Lipinski definition) is 3. The Bertz CT molecular complexity index is 479. The molecule has 0 aliphatic carbocycles. The summed E-state index contributed by atoms with van der Waals surface area (Å²) >= 11 is 0. The number of methoxy groups -OCH3 is 1. The largest absolute Gasteiger partial charge is 0.495 e. The Hall–Kier alpha value is -1.55. The summed E-state index contributed by atoms with van der Waals surface area (Å²) in [6.45, 7) is 4.96. The lowest BCUT2D eigenvalue weighted by molar-refractivity contribution is -0.120. The van der Waals surface area contributed by atoms with Crippen LogP contribution in [0.3, 0.4) is 0 Å². The van der Waals surface area contributed by atoms with Crippen molar-refractivity contribution in [3.63, 3.8) is 0 Å². The van der Waals surface area contributed by atoms with Crippen LogP contribution in [0.2, 0.25) is 0 Å². The summed E-state index contributed by atoms with van der Waals surface area (Å²) in [4.78, 5) is 14.2. The Labute approximate surface area is 114 Å². The number of likely N-dealkylation sites (N-methyl/N-ethyl adjacent to an activating group) is 1. The molecule has 1 fully saturated rings. The van der Waals surface area contributed by atoms with Crippen molar-refractivity contribution in [3.05, 3.63) is 23.3 Å². The molecular weight excluding hydrogens is 240 g/mol. The first-order chi connectivity index (χ1) is 9.04. The van der Waals surface area contributed by atoms with Gasteiger partial charge >= 0.3 is 0 Å². The van der Waals surface area contributed by atoms with E-state index in [2.05, 4.69) is 11.4 Å². The molecule has 2 rings (SSSR count). The van der Waals surface area contributed by atoms with Crippen molar-refractivity contribution in [2.75, 3.05) is 25.6 Å². The van der Waals surface area contributed by atoms with E-state index in [-0.39, 0.29) is 11.9 Å². The molecule has 1 amide bonds. The van der Waals surface area contributed by atoms with E-state index in [0.29, 0.717) is 0 Å². The number of carbonyl (C=O) groups excluding carboxylic acids is 1. The second-order valence-corrected chi connectivity index (χ2v) is 5.18. The Balaban J connectivity index is 2.32. The minimum Gasteiger partial charge on any atom is -0.495 e. The maximum atomic E-state index is 12.5. The molecular formula is C15H22N2O2. The molecule has 0 spiro atoms. The number of ether oxygens (including phenoxy) is 1. The van der Waals surface area contributed by atoms with Crippen LogP contribution in [0.1, 0.15) is 24.0 Å². The highest BCUT2D eigenvalue weighted by molar-refractivity contribution is 5.99. The summed E-state index contributed by atoms with van der Waals surface area (Å²) in [5.74, 6) is 0.870. The lowest BCUT2D eigenvalue weighted by Gasteiger charge is -2.25. The zero-order valence-electron chi connectivity index (χ0n) is 12.1. The van der Waals surface area contributed by atoms with E-state index in [9.17, 15) is 4.79 Å². The van der Waals surface area contributed by atoms with Crippen LogP contribution in [0.25, 0.3) is 0 Å². The van der Waals surface area contributed by atoms with Crippen LogP contribution >= 0.6 is 0 Å². The standard InChI is InChI=1S/C15H22N2O2/c1-10-8-11(2)14(13(9-10)19-4)17(3)15(18)12-6-5-7-16-12/h8-9,12,16H,5-7H2,1-4H3. The van der Waals surface area contributed by atoms with Crippen molar-refractivity contribution in [2.24, 2.45) is 0 Å². The number of aryl methyl sites for hydroxylation is 2. The topological polar surface area (TPSA) is 41.6 Å². The van der Waals surface area contributed by atoms with Gasteiger partial charge in [0.2, 0.25) is 5.91 Å². The van der Waals surface area contributed by atoms with Crippen molar-refractivity contribution >= 4 is 11.6 Å². The summed E-state index contributed by atoms with van der Waals surface area (Å²) in [5, 5.41) is 3.24. The minimum absolute atomic E-state index is 0.0598. The number of amides is 1. The highest BCUT2D eigenvalue weighted by Gasteiger charge is 2.27. The Morgan fingerprint density at radius 3 is 2.74 bits per heavy atom. The molecule has 4 heteroatoms. The zero-order chi connectivity index (χ0) is 14.0. The minimum atomic E-state index is -0.0598. The molecule has 19 heavy (non-hydrogen) atoms. The summed E-state index contributed by atoms with van der Waals surface area (Å²) in [6, 6.07) is 3.98. The third-order valence-corrected chi connectivity index (χ3v) is 3.65. The molecule has 1 N–H and O–H groups in total. The Morgan fingerprint density at radius 1 is 1.42 bits per heavy atom. The molecule has 0 aromatic heterocycles. The van der Waals surface area contributed by atoms with Gasteiger partial charge in [0.1, 0.15) is 5.75 Å². The van der Waals surface area contributed by atoms with Crippen LogP contribution in [-0.2, 0) is 4.79 Å². The smallest absolute Gasteiger partial charge is 0.243 e. The van der Waals surface area contributed by atoms with Gasteiger partial charge in [0.15, 0.2) is 0 Å². The first-order valence-corrected chi connectivity index (χ1v) is 6.70. The fourth-order valence-corrected chi connectivity index (χ4v) is 2.75. The second-order valence-electron chi connectivity index (χ2n) is 5.18. The molecule has 1 heterocycles. The molecule has 1 aromatic rings. The highest BCUT2D eigenvalue weighted by Crippen LogP contribution is 2.33. The second kappa shape index (κ2) is 5.61. The van der Waals surface area contributed by atoms with Gasteiger partial charge in [-0.15, -0.1) is 0 Å². The van der Waals surface area contributed by atoms with Gasteiger partial charge in [-0.1, -0.05) is 6.07 Å². The number of nitrogens with one attached hydrogen (secondary N) is 1. The molecule has 0 radical (unpaired) electrons. The normalized spacial score (nSPS) is 18.4. The van der Waals surface area contributed by atoms with E-state index < -0.39 is 0 Å². The van der Waals surface area contributed by atoms with Gasteiger partial charge in [0.25, 0.3) is 0 Å². The zero-order valence-corrected chi connectivity index (χ0v) is 12.1. The van der Waals surface area contributed by atoms with E-state index >= 15 is 0 Å². The molecule has 1 saturated heterocycles. The maximum Gasteiger partial charge on any atom is 0.243 e. The van der Waals surface area contributed by atoms with Crippen LogP contribution in [-0.4, -0.2) is 32.7 Å². The average molecular weight is 262 g/mol. The molecule has 104 valence electrons. The molecule has 0 saturated carbocycles. The monoisotopic (exact) mass is 262 g/mol. The predicted molar refractivity (Wildman–Crippen MR) is 76.9 cm³/mol. The van der Waals surface area contributed by atoms with E-state index in [4.69, 9.17) is 4.74 Å². The van der Waals surface area contributed by atoms with Gasteiger partial charge in [0, 0.05) is 7.05 Å². The SMILES string of the molecule is COc1cc(C)cc(C)c1N(C)C(=O)C1CCCN1. The summed E-state index contributed by atoms with van der Waals surface area (Å²) in [7, 11) is 3.46. The third-order valence-electron chi connectivity index (χ3n) is 3.65. The average Bonchev–Trinajstić information content (AvgIpc) is 2.90. The van der Waals surface area contributed by atoms with Gasteiger partial charge in [0.05, 0.1) is 18.8 Å². The first-order valence-electron chi connectivity index (χ1n) is 6.70. The molecule has 1 aromatic carbocycles. The van der Waals surface area contributed by atoms with Gasteiger partial charge in [-0.2, -0.15) is 0 Å². The van der Waals surface area contributed by atoms with Crippen molar-refractivity contribution in [2.45, 2.75) is 32.7 Å². The highest BCUT2D eigenvalue weighted by atomic mass is 16.5. The number of benzene rings is 1. The lowest BCUT2D eigenvalue weighted by Crippen LogP contribution is -2.42. The van der Waals surface area contributed by atoms with Gasteiger partial charge < -0.3 is 15.0 Å². The number of carbonyl (C=O) groups is 1. The van der Waals surface area contributed by atoms with Crippen molar-refractivity contribution < 1.29 is 9.53 Å². The van der Waals surface area contributed by atoms with E-state index in [1.54, 1.807) is 12.0 Å². The summed E-state index contributed by atoms with van der Waals surface area (Å²) < 4.78 is 5.43. The lowest BCUT2D eigenvalue weighted by atomic mass is 10.1. The van der Waals surface area contributed by atoms with Crippen LogP contribution in [0.4, 0.5) is 5.69 Å². The quantitative estimate of drug-likeness (QED) is 0.906. The van der Waals surface area contributed by atoms with Crippen LogP contribution < -0.4 is 15.0 Å². The van der Waals surface area contributed by atoms with Gasteiger partial charge in [-0.05, 0) is 50.4 Å². The van der Waals surface area contributed by atoms with Crippen LogP contribution in [0.15, 0.2) is 12.1 Å². The Kier molecular flexibility index (Phi) is 4.10. The molecule has 1 aliphatic heterocycles. The van der Waals surface area contributed by atoms with Gasteiger partial charge in [-0.3, -0.25) is 4.79 Å². The summed E-state index contributed by atoms with van der Waals surface area (Å²) in [6.07, 6.45) is 1.98. The third kappa shape index (κ3) is 2.73. The van der Waals surface area contributed by atoms with E-state index in [1.165, 1.54) is 0 Å². The van der Waals surface area contributed by atoms with E-state index in [0.717, 1.165) is 42.0 Å². The molecule has 1 atom stereocenters. The van der Waals surface area contributed by atoms with Crippen LogP contribution in [0.5, 0.6) is 5.75 Å². The fourth-order valence-electron chi connectivity index (χ4n) is 2.75. The number of anilines is 1. The molecule has 1 aliphatic rings. The van der Waals surface area contributed by atoms with Crippen molar-refractivity contribution in [1.82, 2.24) is 5.32 Å². The number of hydrogen-bond donors (Lipinski definition) is 1. The number of nitrogens with zero attached hydrogens (tertiary/aromatic N) is 1.